The standard InChI is InChI=1S/C25H26N8/c1-3-15(2)33-23-21(14-29-33)30-24(19-12-27-28-13-19)32-25(23)31-22(16-8-9-16)18-10-17-6-4-5-7-20(17)26-11-18/h4-7,10-16,22H,3,8-9H2,1-2H3,(H,27,28)(H,30,31,32)/t15?,22-/m1/s1. The quantitative estimate of drug-likeness (QED) is 0.358. The fourth-order valence-electron chi connectivity index (χ4n) is 4.38. The molecule has 5 aromatic rings. The molecule has 4 aromatic heterocycles. The van der Waals surface area contributed by atoms with Gasteiger partial charge in [0.05, 0.1) is 29.5 Å². The Hall–Kier alpha value is -3.81. The van der Waals surface area contributed by atoms with Gasteiger partial charge in [-0.15, -0.1) is 0 Å². The van der Waals surface area contributed by atoms with E-state index in [4.69, 9.17) is 15.0 Å². The van der Waals surface area contributed by atoms with Crippen LogP contribution in [0.3, 0.4) is 0 Å². The summed E-state index contributed by atoms with van der Waals surface area (Å²) in [5.74, 6) is 1.99. The predicted octanol–water partition coefficient (Wildman–Crippen LogP) is 5.30. The summed E-state index contributed by atoms with van der Waals surface area (Å²) in [6, 6.07) is 10.9. The van der Waals surface area contributed by atoms with Crippen molar-refractivity contribution in [1.82, 2.24) is 34.9 Å². The molecule has 0 aliphatic heterocycles. The third-order valence-corrected chi connectivity index (χ3v) is 6.57. The van der Waals surface area contributed by atoms with E-state index < -0.39 is 0 Å². The zero-order valence-corrected chi connectivity index (χ0v) is 18.7. The lowest BCUT2D eigenvalue weighted by molar-refractivity contribution is 0.492. The molecule has 8 nitrogen and oxygen atoms in total. The van der Waals surface area contributed by atoms with Crippen LogP contribution in [-0.4, -0.2) is 34.9 Å². The minimum atomic E-state index is 0.123. The minimum absolute atomic E-state index is 0.123. The lowest BCUT2D eigenvalue weighted by Crippen LogP contribution is -2.16. The maximum absolute atomic E-state index is 4.97. The highest BCUT2D eigenvalue weighted by atomic mass is 15.3. The van der Waals surface area contributed by atoms with Crippen molar-refractivity contribution >= 4 is 27.8 Å². The fraction of sp³-hybridized carbons (Fsp3) is 0.320. The SMILES string of the molecule is CCC(C)n1ncc2nc(-c3cn[nH]c3)nc(N[C@@H](c3cnc4ccccc4c3)C3CC3)c21. The normalized spacial score (nSPS) is 15.7. The van der Waals surface area contributed by atoms with E-state index in [1.54, 1.807) is 6.20 Å². The second-order valence-corrected chi connectivity index (χ2v) is 8.88. The molecular formula is C25H26N8. The van der Waals surface area contributed by atoms with Crippen molar-refractivity contribution in [1.29, 1.82) is 0 Å². The molecular weight excluding hydrogens is 412 g/mol. The molecule has 1 aliphatic rings. The maximum Gasteiger partial charge on any atom is 0.165 e. The number of H-pyrrole nitrogens is 1. The first-order valence-corrected chi connectivity index (χ1v) is 11.6. The Labute approximate surface area is 191 Å². The third kappa shape index (κ3) is 3.61. The molecule has 8 heteroatoms. The van der Waals surface area contributed by atoms with E-state index in [0.717, 1.165) is 39.7 Å². The molecule has 6 rings (SSSR count). The molecule has 0 radical (unpaired) electrons. The summed E-state index contributed by atoms with van der Waals surface area (Å²) in [6.07, 6.45) is 10.8. The molecule has 1 aromatic carbocycles. The van der Waals surface area contributed by atoms with Gasteiger partial charge in [-0.3, -0.25) is 14.8 Å². The van der Waals surface area contributed by atoms with Gasteiger partial charge in [-0.1, -0.05) is 25.1 Å². The molecule has 0 spiro atoms. The van der Waals surface area contributed by atoms with Crippen molar-refractivity contribution < 1.29 is 0 Å². The average Bonchev–Trinajstić information content (AvgIpc) is 3.36. The predicted molar refractivity (Wildman–Crippen MR) is 129 cm³/mol. The summed E-state index contributed by atoms with van der Waals surface area (Å²) in [5.41, 5.74) is 4.82. The Morgan fingerprint density at radius 1 is 1.12 bits per heavy atom. The Kier molecular flexibility index (Phi) is 4.78. The molecule has 166 valence electrons. The number of anilines is 1. The average molecular weight is 439 g/mol. The Balaban J connectivity index is 1.48. The zero-order valence-electron chi connectivity index (χ0n) is 18.7. The summed E-state index contributed by atoms with van der Waals surface area (Å²) in [5, 5.41) is 16.5. The molecule has 1 aliphatic carbocycles. The van der Waals surface area contributed by atoms with Gasteiger partial charge in [0, 0.05) is 23.8 Å². The van der Waals surface area contributed by atoms with E-state index in [1.807, 2.05) is 29.3 Å². The van der Waals surface area contributed by atoms with E-state index >= 15 is 0 Å². The van der Waals surface area contributed by atoms with Gasteiger partial charge in [-0.25, -0.2) is 9.97 Å². The van der Waals surface area contributed by atoms with E-state index in [9.17, 15) is 0 Å². The van der Waals surface area contributed by atoms with E-state index in [1.165, 1.54) is 18.4 Å². The highest BCUT2D eigenvalue weighted by Crippen LogP contribution is 2.44. The summed E-state index contributed by atoms with van der Waals surface area (Å²) in [7, 11) is 0. The van der Waals surface area contributed by atoms with Crippen LogP contribution >= 0.6 is 0 Å². The highest BCUT2D eigenvalue weighted by molar-refractivity contribution is 5.87. The van der Waals surface area contributed by atoms with Crippen LogP contribution in [0.5, 0.6) is 0 Å². The molecule has 33 heavy (non-hydrogen) atoms. The minimum Gasteiger partial charge on any atom is -0.361 e. The van der Waals surface area contributed by atoms with Crippen LogP contribution in [0.15, 0.2) is 55.1 Å². The van der Waals surface area contributed by atoms with Crippen LogP contribution in [0.1, 0.15) is 50.8 Å². The number of aromatic nitrogens is 7. The van der Waals surface area contributed by atoms with Gasteiger partial charge in [-0.2, -0.15) is 10.2 Å². The van der Waals surface area contributed by atoms with Crippen molar-refractivity contribution in [3.63, 3.8) is 0 Å². The van der Waals surface area contributed by atoms with Crippen molar-refractivity contribution in [2.24, 2.45) is 5.92 Å². The molecule has 4 heterocycles. The van der Waals surface area contributed by atoms with Crippen LogP contribution in [0.25, 0.3) is 33.3 Å². The summed E-state index contributed by atoms with van der Waals surface area (Å²) < 4.78 is 2.04. The highest BCUT2D eigenvalue weighted by Gasteiger charge is 2.34. The Morgan fingerprint density at radius 2 is 2.00 bits per heavy atom. The van der Waals surface area contributed by atoms with Crippen molar-refractivity contribution in [3.8, 4) is 11.4 Å². The second kappa shape index (κ2) is 7.95. The van der Waals surface area contributed by atoms with Crippen molar-refractivity contribution in [2.75, 3.05) is 5.32 Å². The van der Waals surface area contributed by atoms with Gasteiger partial charge in [-0.05, 0) is 49.8 Å². The number of nitrogens with one attached hydrogen (secondary N) is 2. The van der Waals surface area contributed by atoms with Gasteiger partial charge in [0.15, 0.2) is 11.6 Å². The van der Waals surface area contributed by atoms with Gasteiger partial charge in [0.25, 0.3) is 0 Å². The van der Waals surface area contributed by atoms with Gasteiger partial charge in [0.2, 0.25) is 0 Å². The van der Waals surface area contributed by atoms with Crippen molar-refractivity contribution in [2.45, 2.75) is 45.2 Å². The first-order chi connectivity index (χ1) is 16.2. The number of fused-ring (bicyclic) bond motifs is 2. The smallest absolute Gasteiger partial charge is 0.165 e. The first kappa shape index (κ1) is 19.8. The fourth-order valence-corrected chi connectivity index (χ4v) is 4.38. The lowest BCUT2D eigenvalue weighted by Gasteiger charge is -2.21. The number of benzene rings is 1. The Morgan fingerprint density at radius 3 is 2.79 bits per heavy atom. The molecule has 1 fully saturated rings. The topological polar surface area (TPSA) is 97.2 Å². The number of rotatable bonds is 7. The van der Waals surface area contributed by atoms with E-state index in [2.05, 4.69) is 58.7 Å². The van der Waals surface area contributed by atoms with Crippen LogP contribution < -0.4 is 5.32 Å². The largest absolute Gasteiger partial charge is 0.361 e. The number of aromatic amines is 1. The number of para-hydroxylation sites is 1. The summed E-state index contributed by atoms with van der Waals surface area (Å²) >= 11 is 0. The summed E-state index contributed by atoms with van der Waals surface area (Å²) in [6.45, 7) is 4.34. The number of hydrogen-bond donors (Lipinski definition) is 2. The monoisotopic (exact) mass is 438 g/mol. The molecule has 0 amide bonds. The third-order valence-electron chi connectivity index (χ3n) is 6.57. The zero-order chi connectivity index (χ0) is 22.4. The summed E-state index contributed by atoms with van der Waals surface area (Å²) in [4.78, 5) is 14.5. The van der Waals surface area contributed by atoms with Gasteiger partial charge in [0.1, 0.15) is 11.0 Å². The first-order valence-electron chi connectivity index (χ1n) is 11.6. The van der Waals surface area contributed by atoms with Gasteiger partial charge >= 0.3 is 0 Å². The number of nitrogens with zero attached hydrogens (tertiary/aromatic N) is 6. The molecule has 1 saturated carbocycles. The number of hydrogen-bond acceptors (Lipinski definition) is 6. The maximum atomic E-state index is 4.97. The van der Waals surface area contributed by atoms with Crippen LogP contribution in [-0.2, 0) is 0 Å². The van der Waals surface area contributed by atoms with E-state index in [-0.39, 0.29) is 12.1 Å². The van der Waals surface area contributed by atoms with E-state index in [0.29, 0.717) is 11.7 Å². The molecule has 2 N–H and O–H groups in total. The molecule has 2 atom stereocenters. The number of pyridine rings is 1. The van der Waals surface area contributed by atoms with Crippen LogP contribution in [0.4, 0.5) is 5.82 Å². The molecule has 0 saturated heterocycles. The molecule has 1 unspecified atom stereocenters. The molecule has 0 bridgehead atoms. The van der Waals surface area contributed by atoms with Crippen LogP contribution in [0, 0.1) is 5.92 Å². The van der Waals surface area contributed by atoms with Crippen molar-refractivity contribution in [3.05, 3.63) is 60.7 Å². The van der Waals surface area contributed by atoms with Gasteiger partial charge < -0.3 is 5.32 Å². The van der Waals surface area contributed by atoms with Crippen LogP contribution in [0.2, 0.25) is 0 Å². The second-order valence-electron chi connectivity index (χ2n) is 8.88. The lowest BCUT2D eigenvalue weighted by atomic mass is 10.0. The Bertz CT molecular complexity index is 1420.